The van der Waals surface area contributed by atoms with Crippen LogP contribution in [-0.2, 0) is 14.3 Å². The number of hydrogen-bond acceptors (Lipinski definition) is 5. The van der Waals surface area contributed by atoms with Gasteiger partial charge in [-0.25, -0.2) is 9.59 Å². The second-order valence-electron chi connectivity index (χ2n) is 3.78. The molecule has 0 unspecified atom stereocenters. The van der Waals surface area contributed by atoms with Gasteiger partial charge in [0.2, 0.25) is 0 Å². The molecule has 1 aromatic carbocycles. The van der Waals surface area contributed by atoms with Gasteiger partial charge in [0, 0.05) is 12.2 Å². The van der Waals surface area contributed by atoms with Crippen LogP contribution in [0, 0.1) is 0 Å². The predicted molar refractivity (Wildman–Crippen MR) is 71.3 cm³/mol. The molecule has 0 fully saturated rings. The van der Waals surface area contributed by atoms with Crippen LogP contribution in [0.1, 0.15) is 11.1 Å². The van der Waals surface area contributed by atoms with Gasteiger partial charge >= 0.3 is 11.9 Å². The molecule has 0 aliphatic rings. The highest BCUT2D eigenvalue weighted by Gasteiger charge is 2.01. The number of benzene rings is 1. The molecule has 0 heterocycles. The van der Waals surface area contributed by atoms with Gasteiger partial charge in [0.15, 0.2) is 6.29 Å². The number of esters is 1. The summed E-state index contributed by atoms with van der Waals surface area (Å²) in [6.07, 6.45) is 3.45. The first-order valence-electron chi connectivity index (χ1n) is 5.69. The summed E-state index contributed by atoms with van der Waals surface area (Å²) in [5.74, 6) is -1.71. The molecule has 0 bridgehead atoms. The van der Waals surface area contributed by atoms with Gasteiger partial charge in [-0.15, -0.1) is 0 Å². The molecule has 0 aliphatic carbocycles. The zero-order chi connectivity index (χ0) is 15.0. The van der Waals surface area contributed by atoms with Gasteiger partial charge < -0.3 is 20.1 Å². The lowest BCUT2D eigenvalue weighted by molar-refractivity contribution is -0.150. The fourth-order valence-electron chi connectivity index (χ4n) is 1.25. The molecule has 0 spiro atoms. The zero-order valence-electron chi connectivity index (χ0n) is 10.5. The minimum absolute atomic E-state index is 0.484. The normalized spacial score (nSPS) is 11.3. The van der Waals surface area contributed by atoms with Crippen molar-refractivity contribution in [2.45, 2.75) is 6.29 Å². The summed E-state index contributed by atoms with van der Waals surface area (Å²) in [4.78, 5) is 21.5. The van der Waals surface area contributed by atoms with Crippen LogP contribution in [-0.4, -0.2) is 40.2 Å². The third-order valence-electron chi connectivity index (χ3n) is 2.14. The van der Waals surface area contributed by atoms with Crippen molar-refractivity contribution in [2.24, 2.45) is 0 Å². The van der Waals surface area contributed by atoms with Gasteiger partial charge in [-0.05, 0) is 23.3 Å². The Hall–Kier alpha value is -2.44. The molecule has 20 heavy (non-hydrogen) atoms. The summed E-state index contributed by atoms with van der Waals surface area (Å²) in [6, 6.07) is 6.79. The average molecular weight is 278 g/mol. The molecule has 0 atom stereocenters. The monoisotopic (exact) mass is 278 g/mol. The molecule has 6 nitrogen and oxygen atoms in total. The van der Waals surface area contributed by atoms with E-state index in [4.69, 9.17) is 15.3 Å². The minimum atomic E-state index is -1.69. The van der Waals surface area contributed by atoms with Crippen LogP contribution in [0.5, 0.6) is 0 Å². The standard InChI is InChI=1S/C14H14O6/c15-12(16)7-5-10-1-3-11(4-2-10)6-8-14(19)20-9-13(17)18/h1-8,13,17-18H,9H2,(H,15,16). The van der Waals surface area contributed by atoms with Gasteiger partial charge in [0.1, 0.15) is 6.61 Å². The number of aliphatic carboxylic acids is 1. The number of carboxylic acid groups (broad SMARTS) is 1. The Kier molecular flexibility index (Phi) is 6.15. The summed E-state index contributed by atoms with van der Waals surface area (Å²) < 4.78 is 4.51. The number of ether oxygens (including phenoxy) is 1. The van der Waals surface area contributed by atoms with Crippen molar-refractivity contribution in [3.05, 3.63) is 47.5 Å². The Labute approximate surface area is 115 Å². The SMILES string of the molecule is O=C(O)C=Cc1ccc(C=CC(=O)OCC(O)O)cc1. The topological polar surface area (TPSA) is 104 Å². The maximum atomic E-state index is 11.2. The van der Waals surface area contributed by atoms with Crippen molar-refractivity contribution in [3.63, 3.8) is 0 Å². The molecule has 3 N–H and O–H groups in total. The largest absolute Gasteiger partial charge is 0.478 e. The number of rotatable bonds is 6. The number of carbonyl (C=O) groups excluding carboxylic acids is 1. The van der Waals surface area contributed by atoms with Crippen molar-refractivity contribution in [2.75, 3.05) is 6.61 Å². The first-order valence-corrected chi connectivity index (χ1v) is 5.69. The molecule has 1 rings (SSSR count). The second-order valence-corrected chi connectivity index (χ2v) is 3.78. The molecule has 0 aliphatic heterocycles. The third-order valence-corrected chi connectivity index (χ3v) is 2.14. The zero-order valence-corrected chi connectivity index (χ0v) is 10.5. The maximum absolute atomic E-state index is 11.2. The van der Waals surface area contributed by atoms with Crippen LogP contribution in [0.2, 0.25) is 0 Å². The first-order chi connectivity index (χ1) is 9.47. The molecular formula is C14H14O6. The van der Waals surface area contributed by atoms with E-state index in [0.717, 1.165) is 23.3 Å². The smallest absolute Gasteiger partial charge is 0.330 e. The van der Waals surface area contributed by atoms with Crippen LogP contribution in [0.25, 0.3) is 12.2 Å². The summed E-state index contributed by atoms with van der Waals surface area (Å²) in [7, 11) is 0. The molecule has 0 radical (unpaired) electrons. The second kappa shape index (κ2) is 7.88. The Morgan fingerprint density at radius 1 is 1.05 bits per heavy atom. The molecule has 6 heteroatoms. The summed E-state index contributed by atoms with van der Waals surface area (Å²) in [5.41, 5.74) is 1.44. The number of aliphatic hydroxyl groups is 2. The summed E-state index contributed by atoms with van der Waals surface area (Å²) in [6.45, 7) is -0.484. The molecule has 0 amide bonds. The van der Waals surface area contributed by atoms with Crippen LogP contribution >= 0.6 is 0 Å². The Morgan fingerprint density at radius 2 is 1.55 bits per heavy atom. The molecule has 1 aromatic rings. The highest BCUT2D eigenvalue weighted by Crippen LogP contribution is 2.08. The van der Waals surface area contributed by atoms with Gasteiger partial charge in [-0.3, -0.25) is 0 Å². The minimum Gasteiger partial charge on any atom is -0.478 e. The van der Waals surface area contributed by atoms with E-state index in [1.165, 1.54) is 12.2 Å². The van der Waals surface area contributed by atoms with Crippen molar-refractivity contribution < 1.29 is 29.6 Å². The number of hydrogen-bond donors (Lipinski definition) is 3. The third kappa shape index (κ3) is 6.48. The first kappa shape index (κ1) is 15.6. The molecule has 0 saturated heterocycles. The van der Waals surface area contributed by atoms with E-state index in [0.29, 0.717) is 0 Å². The van der Waals surface area contributed by atoms with E-state index in [2.05, 4.69) is 4.74 Å². The molecule has 106 valence electrons. The van der Waals surface area contributed by atoms with E-state index in [1.807, 2.05) is 0 Å². The summed E-state index contributed by atoms with van der Waals surface area (Å²) >= 11 is 0. The Bertz CT molecular complexity index is 513. The fourth-order valence-corrected chi connectivity index (χ4v) is 1.25. The van der Waals surface area contributed by atoms with E-state index < -0.39 is 24.8 Å². The maximum Gasteiger partial charge on any atom is 0.330 e. The lowest BCUT2D eigenvalue weighted by atomic mass is 10.1. The van der Waals surface area contributed by atoms with Crippen LogP contribution in [0.15, 0.2) is 36.4 Å². The van der Waals surface area contributed by atoms with Crippen LogP contribution in [0.4, 0.5) is 0 Å². The van der Waals surface area contributed by atoms with E-state index in [9.17, 15) is 9.59 Å². The van der Waals surface area contributed by atoms with Crippen molar-refractivity contribution in [3.8, 4) is 0 Å². The van der Waals surface area contributed by atoms with E-state index in [-0.39, 0.29) is 0 Å². The number of carboxylic acids is 1. The van der Waals surface area contributed by atoms with Crippen LogP contribution in [0.3, 0.4) is 0 Å². The molecule has 0 saturated carbocycles. The van der Waals surface area contributed by atoms with Crippen molar-refractivity contribution in [1.82, 2.24) is 0 Å². The van der Waals surface area contributed by atoms with Gasteiger partial charge in [0.25, 0.3) is 0 Å². The van der Waals surface area contributed by atoms with Gasteiger partial charge in [-0.2, -0.15) is 0 Å². The average Bonchev–Trinajstić information content (AvgIpc) is 2.41. The highest BCUT2D eigenvalue weighted by molar-refractivity contribution is 5.87. The molecule has 0 aromatic heterocycles. The fraction of sp³-hybridized carbons (Fsp3) is 0.143. The van der Waals surface area contributed by atoms with Gasteiger partial charge in [0.05, 0.1) is 0 Å². The highest BCUT2D eigenvalue weighted by atomic mass is 16.6. The Morgan fingerprint density at radius 3 is 2.00 bits per heavy atom. The van der Waals surface area contributed by atoms with Crippen molar-refractivity contribution >= 4 is 24.1 Å². The number of carbonyl (C=O) groups is 2. The van der Waals surface area contributed by atoms with E-state index >= 15 is 0 Å². The Balaban J connectivity index is 2.56. The lowest BCUT2D eigenvalue weighted by Gasteiger charge is -2.02. The lowest BCUT2D eigenvalue weighted by Crippen LogP contribution is -2.16. The quantitative estimate of drug-likeness (QED) is 0.401. The number of aliphatic hydroxyl groups excluding tert-OH is 1. The molecular weight excluding hydrogens is 264 g/mol. The van der Waals surface area contributed by atoms with E-state index in [1.54, 1.807) is 24.3 Å². The predicted octanol–water partition coefficient (Wildman–Crippen LogP) is 0.651. The van der Waals surface area contributed by atoms with Gasteiger partial charge in [-0.1, -0.05) is 24.3 Å². The summed E-state index contributed by atoms with van der Waals surface area (Å²) in [5, 5.41) is 25.5. The van der Waals surface area contributed by atoms with Crippen LogP contribution < -0.4 is 0 Å². The van der Waals surface area contributed by atoms with Crippen molar-refractivity contribution in [1.29, 1.82) is 0 Å².